The van der Waals surface area contributed by atoms with Crippen LogP contribution >= 0.6 is 0 Å². The molecule has 104 valence electrons. The van der Waals surface area contributed by atoms with Crippen molar-refractivity contribution < 1.29 is 14.3 Å². The Hall–Kier alpha value is -1.14. The zero-order valence-corrected chi connectivity index (χ0v) is 11.1. The van der Waals surface area contributed by atoms with Gasteiger partial charge in [-0.1, -0.05) is 6.92 Å². The summed E-state index contributed by atoms with van der Waals surface area (Å²) in [5.74, 6) is -0.0910. The van der Waals surface area contributed by atoms with Gasteiger partial charge in [-0.3, -0.25) is 9.59 Å². The topological polar surface area (TPSA) is 84.7 Å². The summed E-state index contributed by atoms with van der Waals surface area (Å²) >= 11 is 0. The van der Waals surface area contributed by atoms with Crippen molar-refractivity contribution in [2.45, 2.75) is 38.3 Å². The summed E-state index contributed by atoms with van der Waals surface area (Å²) in [6.45, 7) is 3.33. The van der Waals surface area contributed by atoms with Crippen LogP contribution in [0.4, 0.5) is 0 Å². The Kier molecular flexibility index (Phi) is 6.07. The standard InChI is InChI=1S/C12H23N3O3/c1-3-10(13)12(17)14-9-4-6-15(7-5-9)11(16)8-18-2/h9-10H,3-8,13H2,1-2H3,(H,14,17)/t10-/m1/s1. The number of methoxy groups -OCH3 is 1. The molecule has 0 unspecified atom stereocenters. The minimum atomic E-state index is -0.432. The van der Waals surface area contributed by atoms with Gasteiger partial charge in [0.2, 0.25) is 11.8 Å². The maximum atomic E-state index is 11.6. The molecule has 1 atom stereocenters. The van der Waals surface area contributed by atoms with Crippen LogP contribution < -0.4 is 11.1 Å². The van der Waals surface area contributed by atoms with Crippen molar-refractivity contribution in [3.8, 4) is 0 Å². The maximum absolute atomic E-state index is 11.6. The van der Waals surface area contributed by atoms with Crippen LogP contribution in [0.15, 0.2) is 0 Å². The zero-order chi connectivity index (χ0) is 13.5. The first kappa shape index (κ1) is 14.9. The van der Waals surface area contributed by atoms with Crippen LogP contribution in [0.1, 0.15) is 26.2 Å². The number of piperidine rings is 1. The molecule has 0 radical (unpaired) electrons. The lowest BCUT2D eigenvalue weighted by atomic mass is 10.0. The van der Waals surface area contributed by atoms with E-state index in [2.05, 4.69) is 5.32 Å². The molecule has 1 aliphatic heterocycles. The number of likely N-dealkylation sites (tertiary alicyclic amines) is 1. The normalized spacial score (nSPS) is 18.5. The second kappa shape index (κ2) is 7.33. The fraction of sp³-hybridized carbons (Fsp3) is 0.833. The molecule has 6 nitrogen and oxygen atoms in total. The number of hydrogen-bond acceptors (Lipinski definition) is 4. The number of ether oxygens (including phenoxy) is 1. The maximum Gasteiger partial charge on any atom is 0.248 e. The van der Waals surface area contributed by atoms with E-state index in [4.69, 9.17) is 10.5 Å². The molecule has 3 N–H and O–H groups in total. The van der Waals surface area contributed by atoms with E-state index in [0.29, 0.717) is 19.5 Å². The molecule has 1 heterocycles. The van der Waals surface area contributed by atoms with Crippen molar-refractivity contribution in [3.63, 3.8) is 0 Å². The van der Waals surface area contributed by atoms with Gasteiger partial charge in [0.05, 0.1) is 6.04 Å². The largest absolute Gasteiger partial charge is 0.375 e. The molecule has 18 heavy (non-hydrogen) atoms. The molecule has 1 fully saturated rings. The van der Waals surface area contributed by atoms with Crippen LogP contribution in [0.3, 0.4) is 0 Å². The highest BCUT2D eigenvalue weighted by Gasteiger charge is 2.24. The first-order chi connectivity index (χ1) is 8.58. The Morgan fingerprint density at radius 2 is 2.06 bits per heavy atom. The predicted octanol–water partition coefficient (Wildman–Crippen LogP) is -0.523. The van der Waals surface area contributed by atoms with Gasteiger partial charge >= 0.3 is 0 Å². The number of hydrogen-bond donors (Lipinski definition) is 2. The highest BCUT2D eigenvalue weighted by Crippen LogP contribution is 2.10. The monoisotopic (exact) mass is 257 g/mol. The number of carbonyl (C=O) groups excluding carboxylic acids is 2. The van der Waals surface area contributed by atoms with E-state index < -0.39 is 6.04 Å². The second-order valence-corrected chi connectivity index (χ2v) is 4.61. The van der Waals surface area contributed by atoms with E-state index in [-0.39, 0.29) is 24.5 Å². The Balaban J connectivity index is 2.31. The van der Waals surface area contributed by atoms with E-state index in [1.807, 2.05) is 6.92 Å². The van der Waals surface area contributed by atoms with Gasteiger partial charge in [0.25, 0.3) is 0 Å². The summed E-state index contributed by atoms with van der Waals surface area (Å²) in [7, 11) is 1.51. The highest BCUT2D eigenvalue weighted by molar-refractivity contribution is 5.81. The Morgan fingerprint density at radius 3 is 2.56 bits per heavy atom. The van der Waals surface area contributed by atoms with Gasteiger partial charge in [-0.05, 0) is 19.3 Å². The Morgan fingerprint density at radius 1 is 1.44 bits per heavy atom. The van der Waals surface area contributed by atoms with Crippen LogP contribution in [-0.2, 0) is 14.3 Å². The molecule has 0 saturated carbocycles. The molecule has 1 saturated heterocycles. The van der Waals surface area contributed by atoms with Crippen LogP contribution in [-0.4, -0.2) is 55.6 Å². The van der Waals surface area contributed by atoms with Gasteiger partial charge in [0.15, 0.2) is 0 Å². The average molecular weight is 257 g/mol. The number of carbonyl (C=O) groups is 2. The summed E-state index contributed by atoms with van der Waals surface area (Å²) in [4.78, 5) is 25.0. The van der Waals surface area contributed by atoms with E-state index in [1.54, 1.807) is 4.90 Å². The average Bonchev–Trinajstić information content (AvgIpc) is 2.38. The van der Waals surface area contributed by atoms with Gasteiger partial charge in [-0.2, -0.15) is 0 Å². The summed E-state index contributed by atoms with van der Waals surface area (Å²) in [5.41, 5.74) is 5.66. The minimum Gasteiger partial charge on any atom is -0.375 e. The van der Waals surface area contributed by atoms with Crippen molar-refractivity contribution in [1.82, 2.24) is 10.2 Å². The van der Waals surface area contributed by atoms with Crippen LogP contribution in [0.5, 0.6) is 0 Å². The molecule has 1 rings (SSSR count). The van der Waals surface area contributed by atoms with Crippen LogP contribution in [0.2, 0.25) is 0 Å². The molecule has 0 spiro atoms. The molecule has 0 aliphatic carbocycles. The number of rotatable bonds is 5. The Bertz CT molecular complexity index is 288. The lowest BCUT2D eigenvalue weighted by Gasteiger charge is -2.32. The van der Waals surface area contributed by atoms with Gasteiger partial charge in [-0.15, -0.1) is 0 Å². The number of amides is 2. The molecule has 2 amide bonds. The summed E-state index contributed by atoms with van der Waals surface area (Å²) in [5, 5.41) is 2.93. The van der Waals surface area contributed by atoms with E-state index in [9.17, 15) is 9.59 Å². The van der Waals surface area contributed by atoms with Crippen LogP contribution in [0, 0.1) is 0 Å². The molecular weight excluding hydrogens is 234 g/mol. The van der Waals surface area contributed by atoms with Gasteiger partial charge in [-0.25, -0.2) is 0 Å². The third-order valence-electron chi connectivity index (χ3n) is 3.24. The van der Waals surface area contributed by atoms with Gasteiger partial charge in [0, 0.05) is 26.2 Å². The molecule has 0 aromatic rings. The van der Waals surface area contributed by atoms with Crippen LogP contribution in [0.25, 0.3) is 0 Å². The first-order valence-electron chi connectivity index (χ1n) is 6.41. The molecular formula is C12H23N3O3. The van der Waals surface area contributed by atoms with Crippen molar-refractivity contribution in [1.29, 1.82) is 0 Å². The summed E-state index contributed by atoms with van der Waals surface area (Å²) < 4.78 is 4.82. The number of nitrogens with two attached hydrogens (primary N) is 1. The fourth-order valence-corrected chi connectivity index (χ4v) is 1.98. The predicted molar refractivity (Wildman–Crippen MR) is 67.9 cm³/mol. The van der Waals surface area contributed by atoms with E-state index in [0.717, 1.165) is 12.8 Å². The molecule has 0 aromatic carbocycles. The van der Waals surface area contributed by atoms with Crippen molar-refractivity contribution >= 4 is 11.8 Å². The quantitative estimate of drug-likeness (QED) is 0.694. The Labute approximate surface area is 108 Å². The number of nitrogens with zero attached hydrogens (tertiary/aromatic N) is 1. The SMILES string of the molecule is CC[C@@H](N)C(=O)NC1CCN(C(=O)COC)CC1. The third-order valence-corrected chi connectivity index (χ3v) is 3.24. The second-order valence-electron chi connectivity index (χ2n) is 4.61. The summed E-state index contributed by atoms with van der Waals surface area (Å²) in [6.07, 6.45) is 2.19. The highest BCUT2D eigenvalue weighted by atomic mass is 16.5. The number of nitrogens with one attached hydrogen (secondary N) is 1. The van der Waals surface area contributed by atoms with Crippen molar-refractivity contribution in [2.75, 3.05) is 26.8 Å². The first-order valence-corrected chi connectivity index (χ1v) is 6.41. The van der Waals surface area contributed by atoms with Gasteiger partial charge < -0.3 is 20.7 Å². The lowest BCUT2D eigenvalue weighted by Crippen LogP contribution is -2.50. The zero-order valence-electron chi connectivity index (χ0n) is 11.1. The van der Waals surface area contributed by atoms with Crippen molar-refractivity contribution in [2.24, 2.45) is 5.73 Å². The van der Waals surface area contributed by atoms with Crippen molar-refractivity contribution in [3.05, 3.63) is 0 Å². The fourth-order valence-electron chi connectivity index (χ4n) is 1.98. The molecule has 1 aliphatic rings. The third kappa shape index (κ3) is 4.27. The molecule has 6 heteroatoms. The molecule has 0 bridgehead atoms. The van der Waals surface area contributed by atoms with E-state index >= 15 is 0 Å². The molecule has 0 aromatic heterocycles. The minimum absolute atomic E-state index is 0.00698. The van der Waals surface area contributed by atoms with E-state index in [1.165, 1.54) is 7.11 Å². The lowest BCUT2D eigenvalue weighted by molar-refractivity contribution is -0.136. The smallest absolute Gasteiger partial charge is 0.248 e. The van der Waals surface area contributed by atoms with Gasteiger partial charge in [0.1, 0.15) is 6.61 Å². The summed E-state index contributed by atoms with van der Waals surface area (Å²) in [6, 6.07) is -0.306.